The van der Waals surface area contributed by atoms with Crippen molar-refractivity contribution in [1.29, 1.82) is 0 Å². The molecule has 0 aliphatic rings. The molecule has 0 unspecified atom stereocenters. The highest BCUT2D eigenvalue weighted by molar-refractivity contribution is 7.98. The van der Waals surface area contributed by atoms with Gasteiger partial charge < -0.3 is 9.38 Å². The van der Waals surface area contributed by atoms with Gasteiger partial charge >= 0.3 is 0 Å². The minimum absolute atomic E-state index is 0.245. The van der Waals surface area contributed by atoms with Crippen LogP contribution in [0.1, 0.15) is 11.3 Å². The van der Waals surface area contributed by atoms with Crippen LogP contribution < -0.4 is 5.56 Å². The number of imidazole rings is 2. The van der Waals surface area contributed by atoms with Gasteiger partial charge in [-0.2, -0.15) is 0 Å². The first-order valence-corrected chi connectivity index (χ1v) is 9.76. The highest BCUT2D eigenvalue weighted by atomic mass is 32.2. The highest BCUT2D eigenvalue weighted by Gasteiger charge is 2.17. The first-order valence-electron chi connectivity index (χ1n) is 8.77. The molecule has 0 bridgehead atoms. The number of nitrogens with zero attached hydrogens (tertiary/aromatic N) is 5. The number of aromatic amines is 1. The number of aryl methyl sites for hydroxylation is 1. The SMILES string of the molecule is Cc1ccc(-n2c(SCc3cn4ccccc4n3)nc3c(=O)[nH]cnc32)cc1. The minimum Gasteiger partial charge on any atom is -0.311 e. The molecule has 1 aromatic carbocycles. The summed E-state index contributed by atoms with van der Waals surface area (Å²) in [5.41, 5.74) is 4.57. The normalized spacial score (nSPS) is 11.5. The van der Waals surface area contributed by atoms with Gasteiger partial charge in [-0.25, -0.2) is 15.0 Å². The average Bonchev–Trinajstić information content (AvgIpc) is 3.29. The molecule has 0 saturated heterocycles. The molecular weight excluding hydrogens is 372 g/mol. The van der Waals surface area contributed by atoms with Crippen molar-refractivity contribution in [2.75, 3.05) is 0 Å². The van der Waals surface area contributed by atoms with E-state index >= 15 is 0 Å². The molecule has 5 rings (SSSR count). The van der Waals surface area contributed by atoms with Crippen LogP contribution >= 0.6 is 11.8 Å². The van der Waals surface area contributed by atoms with Crippen LogP contribution in [-0.2, 0) is 5.75 Å². The first kappa shape index (κ1) is 16.8. The van der Waals surface area contributed by atoms with Crippen molar-refractivity contribution >= 4 is 28.6 Å². The summed E-state index contributed by atoms with van der Waals surface area (Å²) in [6.07, 6.45) is 5.39. The third kappa shape index (κ3) is 2.87. The molecule has 28 heavy (non-hydrogen) atoms. The van der Waals surface area contributed by atoms with Crippen LogP contribution in [0.15, 0.2) is 71.1 Å². The third-order valence-electron chi connectivity index (χ3n) is 4.48. The number of hydrogen-bond donors (Lipinski definition) is 1. The van der Waals surface area contributed by atoms with Crippen molar-refractivity contribution in [1.82, 2.24) is 28.9 Å². The van der Waals surface area contributed by atoms with E-state index in [0.29, 0.717) is 22.1 Å². The van der Waals surface area contributed by atoms with Crippen molar-refractivity contribution < 1.29 is 0 Å². The topological polar surface area (TPSA) is 80.9 Å². The number of nitrogens with one attached hydrogen (secondary N) is 1. The summed E-state index contributed by atoms with van der Waals surface area (Å²) in [5, 5.41) is 0.708. The summed E-state index contributed by atoms with van der Waals surface area (Å²) >= 11 is 1.53. The van der Waals surface area contributed by atoms with Gasteiger partial charge in [0.05, 0.1) is 12.0 Å². The number of H-pyrrole nitrogens is 1. The molecule has 0 aliphatic carbocycles. The number of hydrogen-bond acceptors (Lipinski definition) is 5. The molecule has 0 saturated carbocycles. The Morgan fingerprint density at radius 3 is 2.79 bits per heavy atom. The van der Waals surface area contributed by atoms with Gasteiger partial charge in [0.1, 0.15) is 5.65 Å². The highest BCUT2D eigenvalue weighted by Crippen LogP contribution is 2.28. The molecule has 5 aromatic rings. The van der Waals surface area contributed by atoms with E-state index in [1.807, 2.05) is 70.7 Å². The fourth-order valence-electron chi connectivity index (χ4n) is 3.10. The van der Waals surface area contributed by atoms with Gasteiger partial charge in [-0.05, 0) is 31.2 Å². The predicted octanol–water partition coefficient (Wildman–Crippen LogP) is 3.36. The van der Waals surface area contributed by atoms with Gasteiger partial charge in [0.25, 0.3) is 5.56 Å². The summed E-state index contributed by atoms with van der Waals surface area (Å²) in [6, 6.07) is 14.0. The summed E-state index contributed by atoms with van der Waals surface area (Å²) < 4.78 is 3.91. The average molecular weight is 388 g/mol. The van der Waals surface area contributed by atoms with Crippen LogP contribution in [0, 0.1) is 6.92 Å². The van der Waals surface area contributed by atoms with Crippen LogP contribution in [0.2, 0.25) is 0 Å². The molecule has 0 spiro atoms. The lowest BCUT2D eigenvalue weighted by Gasteiger charge is -2.08. The molecule has 8 heteroatoms. The van der Waals surface area contributed by atoms with Gasteiger partial charge in [0, 0.05) is 23.8 Å². The lowest BCUT2D eigenvalue weighted by Crippen LogP contribution is -2.07. The molecule has 0 amide bonds. The zero-order valence-electron chi connectivity index (χ0n) is 15.0. The van der Waals surface area contributed by atoms with Crippen LogP contribution in [0.4, 0.5) is 0 Å². The molecule has 0 fully saturated rings. The van der Waals surface area contributed by atoms with Crippen LogP contribution in [0.3, 0.4) is 0 Å². The Morgan fingerprint density at radius 1 is 1.11 bits per heavy atom. The van der Waals surface area contributed by atoms with E-state index in [2.05, 4.69) is 19.9 Å². The van der Waals surface area contributed by atoms with E-state index in [9.17, 15) is 4.79 Å². The monoisotopic (exact) mass is 388 g/mol. The molecule has 0 radical (unpaired) electrons. The summed E-state index contributed by atoms with van der Waals surface area (Å²) in [5.74, 6) is 0.634. The minimum atomic E-state index is -0.245. The Bertz CT molecular complexity index is 1320. The van der Waals surface area contributed by atoms with Crippen LogP contribution in [0.5, 0.6) is 0 Å². The Morgan fingerprint density at radius 2 is 1.96 bits per heavy atom. The van der Waals surface area contributed by atoms with Gasteiger partial charge in [0.15, 0.2) is 16.3 Å². The molecule has 4 heterocycles. The van der Waals surface area contributed by atoms with Gasteiger partial charge in [-0.1, -0.05) is 35.5 Å². The largest absolute Gasteiger partial charge is 0.311 e. The maximum Gasteiger partial charge on any atom is 0.278 e. The van der Waals surface area contributed by atoms with Crippen molar-refractivity contribution in [3.63, 3.8) is 0 Å². The lowest BCUT2D eigenvalue weighted by molar-refractivity contribution is 0.907. The van der Waals surface area contributed by atoms with Crippen molar-refractivity contribution in [2.45, 2.75) is 17.8 Å². The van der Waals surface area contributed by atoms with Crippen molar-refractivity contribution in [3.8, 4) is 5.69 Å². The smallest absolute Gasteiger partial charge is 0.278 e. The maximum absolute atomic E-state index is 12.2. The number of benzene rings is 1. The fraction of sp³-hybridized carbons (Fsp3) is 0.100. The number of pyridine rings is 1. The van der Waals surface area contributed by atoms with Crippen molar-refractivity contribution in [3.05, 3.63) is 82.8 Å². The quantitative estimate of drug-likeness (QED) is 0.478. The predicted molar refractivity (Wildman–Crippen MR) is 109 cm³/mol. The molecule has 4 aromatic heterocycles. The van der Waals surface area contributed by atoms with E-state index in [0.717, 1.165) is 22.6 Å². The lowest BCUT2D eigenvalue weighted by atomic mass is 10.2. The van der Waals surface area contributed by atoms with Gasteiger partial charge in [-0.3, -0.25) is 9.36 Å². The second kappa shape index (κ2) is 6.65. The zero-order chi connectivity index (χ0) is 19.1. The number of fused-ring (bicyclic) bond motifs is 2. The Balaban J connectivity index is 1.57. The fourth-order valence-corrected chi connectivity index (χ4v) is 4.00. The third-order valence-corrected chi connectivity index (χ3v) is 5.45. The Hall–Kier alpha value is -3.39. The van der Waals surface area contributed by atoms with E-state index in [4.69, 9.17) is 0 Å². The second-order valence-electron chi connectivity index (χ2n) is 6.46. The van der Waals surface area contributed by atoms with Crippen LogP contribution in [0.25, 0.3) is 22.5 Å². The van der Waals surface area contributed by atoms with E-state index in [-0.39, 0.29) is 5.56 Å². The summed E-state index contributed by atoms with van der Waals surface area (Å²) in [7, 11) is 0. The molecule has 0 atom stereocenters. The van der Waals surface area contributed by atoms with E-state index in [1.165, 1.54) is 18.1 Å². The number of aromatic nitrogens is 6. The molecule has 7 nitrogen and oxygen atoms in total. The van der Waals surface area contributed by atoms with E-state index in [1.54, 1.807) is 0 Å². The first-order chi connectivity index (χ1) is 13.7. The van der Waals surface area contributed by atoms with Crippen molar-refractivity contribution in [2.24, 2.45) is 0 Å². The van der Waals surface area contributed by atoms with Crippen LogP contribution in [-0.4, -0.2) is 28.9 Å². The second-order valence-corrected chi connectivity index (χ2v) is 7.40. The molecular formula is C20H16N6OS. The summed E-state index contributed by atoms with van der Waals surface area (Å²) in [6.45, 7) is 2.04. The summed E-state index contributed by atoms with van der Waals surface area (Å²) in [4.78, 5) is 28.4. The van der Waals surface area contributed by atoms with Gasteiger partial charge in [-0.15, -0.1) is 0 Å². The standard InChI is InChI=1S/C20H16N6OS/c1-13-5-7-15(8-6-13)26-18-17(19(27)22-12-21-18)24-20(26)28-11-14-10-25-9-3-2-4-16(25)23-14/h2-10,12H,11H2,1H3,(H,21,22,27). The number of rotatable bonds is 4. The maximum atomic E-state index is 12.2. The Kier molecular flexibility index (Phi) is 3.98. The van der Waals surface area contributed by atoms with E-state index < -0.39 is 0 Å². The molecule has 138 valence electrons. The van der Waals surface area contributed by atoms with Gasteiger partial charge in [0.2, 0.25) is 0 Å². The molecule has 0 aliphatic heterocycles. The Labute approximate surface area is 164 Å². The molecule has 1 N–H and O–H groups in total. The zero-order valence-corrected chi connectivity index (χ0v) is 15.8. The number of thioether (sulfide) groups is 1.